The van der Waals surface area contributed by atoms with E-state index < -0.39 is 0 Å². The van der Waals surface area contributed by atoms with Crippen molar-refractivity contribution in [1.82, 2.24) is 19.8 Å². The molecule has 4 rings (SSSR count). The maximum atomic E-state index is 12.3. The van der Waals surface area contributed by atoms with Gasteiger partial charge >= 0.3 is 0 Å². The second kappa shape index (κ2) is 6.49. The van der Waals surface area contributed by atoms with Crippen molar-refractivity contribution in [2.75, 3.05) is 14.2 Å². The standard InChI is InChI=1S/C19H20N4O3/c1-11-8-14-18(15(24)9-11)20-21-19-17(13(10-25-2)22-23(14)19)12-6-4-5-7-16(12)26-3/h4-7,11H,8-10H2,1-3H3. The zero-order valence-corrected chi connectivity index (χ0v) is 15.0. The number of carbonyl (C=O) groups excluding carboxylic acids is 1. The first-order chi connectivity index (χ1) is 12.6. The van der Waals surface area contributed by atoms with Crippen LogP contribution in [0.1, 0.15) is 35.2 Å². The lowest BCUT2D eigenvalue weighted by Crippen LogP contribution is -2.23. The highest BCUT2D eigenvalue weighted by Gasteiger charge is 2.29. The van der Waals surface area contributed by atoms with Gasteiger partial charge in [-0.05, 0) is 18.4 Å². The molecule has 0 N–H and O–H groups in total. The van der Waals surface area contributed by atoms with E-state index in [1.165, 1.54) is 0 Å². The molecular weight excluding hydrogens is 332 g/mol. The van der Waals surface area contributed by atoms with E-state index in [1.54, 1.807) is 18.7 Å². The fourth-order valence-corrected chi connectivity index (χ4v) is 3.57. The van der Waals surface area contributed by atoms with Gasteiger partial charge in [0.1, 0.15) is 5.75 Å². The normalized spacial score (nSPS) is 16.7. The maximum Gasteiger partial charge on any atom is 0.186 e. The van der Waals surface area contributed by atoms with Gasteiger partial charge in [0, 0.05) is 19.1 Å². The van der Waals surface area contributed by atoms with Crippen LogP contribution in [0.5, 0.6) is 5.75 Å². The number of nitrogens with zero attached hydrogens (tertiary/aromatic N) is 4. The van der Waals surface area contributed by atoms with E-state index in [0.29, 0.717) is 24.4 Å². The Balaban J connectivity index is 2.02. The Labute approximate surface area is 151 Å². The number of methoxy groups -OCH3 is 2. The molecule has 3 aromatic rings. The van der Waals surface area contributed by atoms with Crippen molar-refractivity contribution in [2.45, 2.75) is 26.4 Å². The summed E-state index contributed by atoms with van der Waals surface area (Å²) in [6.07, 6.45) is 1.24. The Morgan fingerprint density at radius 1 is 1.19 bits per heavy atom. The van der Waals surface area contributed by atoms with Crippen molar-refractivity contribution in [3.63, 3.8) is 0 Å². The van der Waals surface area contributed by atoms with E-state index in [9.17, 15) is 4.79 Å². The maximum absolute atomic E-state index is 12.3. The number of benzene rings is 1. The fraction of sp³-hybridized carbons (Fsp3) is 0.368. The molecule has 26 heavy (non-hydrogen) atoms. The van der Waals surface area contributed by atoms with Crippen LogP contribution >= 0.6 is 0 Å². The molecule has 0 saturated carbocycles. The Kier molecular flexibility index (Phi) is 4.16. The van der Waals surface area contributed by atoms with E-state index in [0.717, 1.165) is 34.7 Å². The van der Waals surface area contributed by atoms with Gasteiger partial charge in [-0.2, -0.15) is 5.10 Å². The minimum absolute atomic E-state index is 0.0239. The van der Waals surface area contributed by atoms with Gasteiger partial charge in [0.15, 0.2) is 17.1 Å². The number of ketones is 1. The summed E-state index contributed by atoms with van der Waals surface area (Å²) in [5.74, 6) is 1.01. The van der Waals surface area contributed by atoms with Crippen LogP contribution in [0.25, 0.3) is 16.8 Å². The fourth-order valence-electron chi connectivity index (χ4n) is 3.57. The molecule has 1 aliphatic carbocycles. The Morgan fingerprint density at radius 3 is 2.77 bits per heavy atom. The van der Waals surface area contributed by atoms with Crippen molar-refractivity contribution in [3.8, 4) is 16.9 Å². The number of hydrogen-bond donors (Lipinski definition) is 0. The van der Waals surface area contributed by atoms with Crippen molar-refractivity contribution in [1.29, 1.82) is 0 Å². The average Bonchev–Trinajstić information content (AvgIpc) is 3.00. The zero-order valence-electron chi connectivity index (χ0n) is 15.0. The molecule has 0 radical (unpaired) electrons. The van der Waals surface area contributed by atoms with Crippen LogP contribution in [-0.4, -0.2) is 39.8 Å². The second-order valence-electron chi connectivity index (χ2n) is 6.62. The van der Waals surface area contributed by atoms with Gasteiger partial charge in [-0.25, -0.2) is 4.52 Å². The van der Waals surface area contributed by atoms with E-state index in [-0.39, 0.29) is 11.7 Å². The lowest BCUT2D eigenvalue weighted by molar-refractivity contribution is 0.0944. The first-order valence-corrected chi connectivity index (χ1v) is 8.56. The van der Waals surface area contributed by atoms with Gasteiger partial charge in [0.25, 0.3) is 0 Å². The molecule has 0 saturated heterocycles. The summed E-state index contributed by atoms with van der Waals surface area (Å²) in [5, 5.41) is 13.3. The van der Waals surface area contributed by atoms with E-state index in [4.69, 9.17) is 14.6 Å². The highest BCUT2D eigenvalue weighted by molar-refractivity contribution is 5.96. The van der Waals surface area contributed by atoms with E-state index in [2.05, 4.69) is 17.1 Å². The van der Waals surface area contributed by atoms with Gasteiger partial charge in [0.2, 0.25) is 0 Å². The molecule has 1 unspecified atom stereocenters. The molecular formula is C19H20N4O3. The molecule has 0 bridgehead atoms. The molecule has 7 heteroatoms. The predicted molar refractivity (Wildman–Crippen MR) is 95.3 cm³/mol. The average molecular weight is 352 g/mol. The van der Waals surface area contributed by atoms with Crippen molar-refractivity contribution in [2.24, 2.45) is 5.92 Å². The molecule has 2 aromatic heterocycles. The second-order valence-corrected chi connectivity index (χ2v) is 6.62. The summed E-state index contributed by atoms with van der Waals surface area (Å²) in [4.78, 5) is 12.3. The summed E-state index contributed by atoms with van der Waals surface area (Å²) in [6.45, 7) is 2.39. The molecule has 1 aliphatic rings. The van der Waals surface area contributed by atoms with Crippen molar-refractivity contribution >= 4 is 11.4 Å². The smallest absolute Gasteiger partial charge is 0.186 e. The van der Waals surface area contributed by atoms with Crippen LogP contribution < -0.4 is 4.74 Å². The SMILES string of the molecule is COCc1nn2c3c(nnc2c1-c1ccccc1OC)C(=O)CC(C)C3. The molecule has 7 nitrogen and oxygen atoms in total. The molecule has 1 aromatic carbocycles. The van der Waals surface area contributed by atoms with Crippen molar-refractivity contribution < 1.29 is 14.3 Å². The van der Waals surface area contributed by atoms with Crippen LogP contribution in [0, 0.1) is 5.92 Å². The summed E-state index contributed by atoms with van der Waals surface area (Å²) < 4.78 is 12.6. The number of fused-ring (bicyclic) bond motifs is 3. The van der Waals surface area contributed by atoms with Crippen LogP contribution in [-0.2, 0) is 17.8 Å². The van der Waals surface area contributed by atoms with Gasteiger partial charge in [-0.1, -0.05) is 25.1 Å². The van der Waals surface area contributed by atoms with E-state index in [1.807, 2.05) is 24.3 Å². The third-order valence-electron chi connectivity index (χ3n) is 4.70. The van der Waals surface area contributed by atoms with Crippen LogP contribution in [0.3, 0.4) is 0 Å². The summed E-state index contributed by atoms with van der Waals surface area (Å²) in [7, 11) is 3.26. The topological polar surface area (TPSA) is 78.6 Å². The van der Waals surface area contributed by atoms with E-state index >= 15 is 0 Å². The van der Waals surface area contributed by atoms with Gasteiger partial charge in [0.05, 0.1) is 30.7 Å². The van der Waals surface area contributed by atoms with Gasteiger partial charge in [-0.3, -0.25) is 4.79 Å². The summed E-state index contributed by atoms with van der Waals surface area (Å²) >= 11 is 0. The number of carbonyl (C=O) groups is 1. The minimum Gasteiger partial charge on any atom is -0.496 e. The number of rotatable bonds is 4. The number of aromatic nitrogens is 4. The van der Waals surface area contributed by atoms with Crippen LogP contribution in [0.2, 0.25) is 0 Å². The zero-order chi connectivity index (χ0) is 18.3. The van der Waals surface area contributed by atoms with Gasteiger partial charge < -0.3 is 9.47 Å². The summed E-state index contributed by atoms with van der Waals surface area (Å²) in [5.41, 5.74) is 4.30. The van der Waals surface area contributed by atoms with Gasteiger partial charge in [-0.15, -0.1) is 10.2 Å². The van der Waals surface area contributed by atoms with Crippen LogP contribution in [0.4, 0.5) is 0 Å². The minimum atomic E-state index is 0.0239. The molecule has 1 atom stereocenters. The lowest BCUT2D eigenvalue weighted by Gasteiger charge is -2.19. The highest BCUT2D eigenvalue weighted by Crippen LogP contribution is 2.36. The third-order valence-corrected chi connectivity index (χ3v) is 4.70. The molecule has 0 amide bonds. The quantitative estimate of drug-likeness (QED) is 0.718. The molecule has 0 aliphatic heterocycles. The number of ether oxygens (including phenoxy) is 2. The lowest BCUT2D eigenvalue weighted by atomic mass is 9.90. The molecule has 2 heterocycles. The monoisotopic (exact) mass is 352 g/mol. The molecule has 0 spiro atoms. The first-order valence-electron chi connectivity index (χ1n) is 8.56. The number of hydrogen-bond acceptors (Lipinski definition) is 6. The Morgan fingerprint density at radius 2 is 2.00 bits per heavy atom. The Bertz CT molecular complexity index is 996. The number of Topliss-reactive ketones (excluding diaryl/α,β-unsaturated/α-hetero) is 1. The highest BCUT2D eigenvalue weighted by atomic mass is 16.5. The first kappa shape index (κ1) is 16.7. The Hall–Kier alpha value is -2.80. The predicted octanol–water partition coefficient (Wildman–Crippen LogP) is 2.71. The van der Waals surface area contributed by atoms with Crippen LogP contribution in [0.15, 0.2) is 24.3 Å². The molecule has 134 valence electrons. The largest absolute Gasteiger partial charge is 0.496 e. The summed E-state index contributed by atoms with van der Waals surface area (Å²) in [6, 6.07) is 7.71. The number of para-hydroxylation sites is 1. The third kappa shape index (κ3) is 2.55. The molecule has 0 fully saturated rings. The van der Waals surface area contributed by atoms with Crippen molar-refractivity contribution in [3.05, 3.63) is 41.3 Å².